The van der Waals surface area contributed by atoms with Gasteiger partial charge in [0, 0.05) is 0 Å². The summed E-state index contributed by atoms with van der Waals surface area (Å²) in [7, 11) is -7.08. The Morgan fingerprint density at radius 1 is 1.18 bits per heavy atom. The second-order valence-electron chi connectivity index (χ2n) is 0.774. The van der Waals surface area contributed by atoms with Crippen LogP contribution in [0.15, 0.2) is 0 Å². The van der Waals surface area contributed by atoms with Crippen LogP contribution < -0.4 is 35.7 Å². The molecule has 0 aromatic rings. The van der Waals surface area contributed by atoms with Crippen molar-refractivity contribution in [2.75, 3.05) is 0 Å². The summed E-state index contributed by atoms with van der Waals surface area (Å²) in [5.41, 5.74) is 0. The Hall–Kier alpha value is 0.775. The van der Waals surface area contributed by atoms with Gasteiger partial charge in [-0.25, -0.2) is 8.42 Å². The molecule has 11 heavy (non-hydrogen) atoms. The minimum atomic E-state index is -4.92. The fourth-order valence-electron chi connectivity index (χ4n) is 0. The molecular formula is H7BNNaO7S. The monoisotopic (exact) mass is 199 g/mol. The molecule has 0 aliphatic rings. The van der Waals surface area contributed by atoms with Crippen LogP contribution in [-0.4, -0.2) is 39.9 Å². The van der Waals surface area contributed by atoms with Gasteiger partial charge in [-0.2, -0.15) is 0 Å². The average molecular weight is 199 g/mol. The van der Waals surface area contributed by atoms with E-state index in [1.54, 1.807) is 0 Å². The van der Waals surface area contributed by atoms with Crippen molar-refractivity contribution in [3.63, 3.8) is 0 Å². The van der Waals surface area contributed by atoms with Crippen LogP contribution in [0, 0.1) is 0 Å². The van der Waals surface area contributed by atoms with Gasteiger partial charge in [0.05, 0.1) is 0 Å². The van der Waals surface area contributed by atoms with Crippen molar-refractivity contribution in [1.82, 2.24) is 6.15 Å². The summed E-state index contributed by atoms with van der Waals surface area (Å²) < 4.78 is 32.8. The van der Waals surface area contributed by atoms with Crippen LogP contribution in [0.4, 0.5) is 0 Å². The zero-order valence-electron chi connectivity index (χ0n) is 5.71. The van der Waals surface area contributed by atoms with Gasteiger partial charge in [-0.1, -0.05) is 0 Å². The van der Waals surface area contributed by atoms with Crippen LogP contribution in [0.1, 0.15) is 0 Å². The maximum absolute atomic E-state index is 8.63. The van der Waals surface area contributed by atoms with E-state index in [1.807, 2.05) is 0 Å². The third-order valence-corrected chi connectivity index (χ3v) is 0. The molecule has 0 aliphatic carbocycles. The third-order valence-electron chi connectivity index (χ3n) is 0. The Morgan fingerprint density at radius 3 is 1.18 bits per heavy atom. The first-order chi connectivity index (χ1) is 3.73. The predicted molar refractivity (Wildman–Crippen MR) is 29.8 cm³/mol. The van der Waals surface area contributed by atoms with Gasteiger partial charge in [-0.3, -0.25) is 4.55 Å². The summed E-state index contributed by atoms with van der Waals surface area (Å²) in [6.07, 6.45) is 0. The molecule has 64 valence electrons. The number of hydrogen-bond acceptors (Lipinski definition) is 7. The minimum absolute atomic E-state index is 0. The van der Waals surface area contributed by atoms with Gasteiger partial charge in [-0.15, -0.1) is 0 Å². The van der Waals surface area contributed by atoms with Gasteiger partial charge in [-0.05, 0) is 0 Å². The Morgan fingerprint density at radius 2 is 1.18 bits per heavy atom. The number of rotatable bonds is 0. The molecule has 0 atom stereocenters. The smallest absolute Gasteiger partial charge is 0.726 e. The summed E-state index contributed by atoms with van der Waals surface area (Å²) in [4.78, 5) is 0. The van der Waals surface area contributed by atoms with Crippen molar-refractivity contribution in [2.24, 2.45) is 0 Å². The molecule has 0 saturated heterocycles. The molecule has 7 N–H and O–H groups in total. The molecule has 0 aromatic heterocycles. The van der Waals surface area contributed by atoms with Gasteiger partial charge >= 0.3 is 36.9 Å². The van der Waals surface area contributed by atoms with Crippen molar-refractivity contribution >= 4 is 17.7 Å². The Bertz CT molecular complexity index is 130. The molecule has 8 nitrogen and oxygen atoms in total. The molecule has 0 heterocycles. The molecule has 0 rings (SSSR count). The fraction of sp³-hybridized carbons (Fsp3) is 0. The first-order valence-electron chi connectivity index (χ1n) is 1.46. The van der Waals surface area contributed by atoms with Crippen molar-refractivity contribution in [1.29, 1.82) is 0 Å². The van der Waals surface area contributed by atoms with Crippen LogP contribution in [0.3, 0.4) is 0 Å². The molecular weight excluding hydrogens is 192 g/mol. The van der Waals surface area contributed by atoms with Gasteiger partial charge in [0.25, 0.3) is 0 Å². The quantitative estimate of drug-likeness (QED) is 0.145. The van der Waals surface area contributed by atoms with E-state index >= 15 is 0 Å². The number of hydrogen-bond donors (Lipinski definition) is 5. The first-order valence-corrected chi connectivity index (χ1v) is 2.82. The van der Waals surface area contributed by atoms with Crippen molar-refractivity contribution < 1.29 is 62.2 Å². The van der Waals surface area contributed by atoms with E-state index in [2.05, 4.69) is 0 Å². The van der Waals surface area contributed by atoms with E-state index in [9.17, 15) is 0 Å². The molecule has 0 unspecified atom stereocenters. The molecule has 0 aliphatic heterocycles. The van der Waals surface area contributed by atoms with Crippen molar-refractivity contribution in [3.8, 4) is 0 Å². The Kier molecular flexibility index (Phi) is 22.2. The van der Waals surface area contributed by atoms with E-state index < -0.39 is 17.7 Å². The molecule has 0 fully saturated rings. The summed E-state index contributed by atoms with van der Waals surface area (Å²) in [5, 5.41) is 21.5. The van der Waals surface area contributed by atoms with E-state index in [0.717, 1.165) is 0 Å². The van der Waals surface area contributed by atoms with Crippen LogP contribution >= 0.6 is 0 Å². The van der Waals surface area contributed by atoms with Gasteiger partial charge in [0.2, 0.25) is 10.4 Å². The predicted octanol–water partition coefficient (Wildman–Crippen LogP) is -5.88. The van der Waals surface area contributed by atoms with E-state index in [0.29, 0.717) is 0 Å². The van der Waals surface area contributed by atoms with Gasteiger partial charge in [0.15, 0.2) is 0 Å². The van der Waals surface area contributed by atoms with E-state index in [4.69, 9.17) is 32.6 Å². The van der Waals surface area contributed by atoms with Gasteiger partial charge < -0.3 is 25.8 Å². The summed E-state index contributed by atoms with van der Waals surface area (Å²) in [5.74, 6) is 0. The van der Waals surface area contributed by atoms with Crippen LogP contribution in [0.5, 0.6) is 0 Å². The zero-order valence-corrected chi connectivity index (χ0v) is 8.52. The topological polar surface area (TPSA) is 173 Å². The maximum Gasteiger partial charge on any atom is 1.00 e. The normalized spacial score (nSPS) is 7.73. The standard InChI is InChI=1S/BH3O3.H3N.Na.H2O4S/c2-1(3)4;;;1-5(2,3)4/h2-4H;1H3;;(H2,1,2,3,4)/q;;+1;/p-1. The largest absolute Gasteiger partial charge is 1.00 e. The molecule has 0 radical (unpaired) electrons. The summed E-state index contributed by atoms with van der Waals surface area (Å²) >= 11 is 0. The second kappa shape index (κ2) is 10.8. The fourth-order valence-corrected chi connectivity index (χ4v) is 0. The zero-order chi connectivity index (χ0) is 8.08. The average Bonchev–Trinajstić information content (AvgIpc) is 1.19. The molecule has 0 bridgehead atoms. The van der Waals surface area contributed by atoms with E-state index in [-0.39, 0.29) is 35.7 Å². The third kappa shape index (κ3) is 1380. The van der Waals surface area contributed by atoms with Crippen molar-refractivity contribution in [3.05, 3.63) is 0 Å². The first kappa shape index (κ1) is 22.6. The van der Waals surface area contributed by atoms with Gasteiger partial charge in [0.1, 0.15) is 0 Å². The van der Waals surface area contributed by atoms with Crippen LogP contribution in [-0.2, 0) is 10.4 Å². The minimum Gasteiger partial charge on any atom is -0.726 e. The summed E-state index contributed by atoms with van der Waals surface area (Å²) in [6.45, 7) is 0. The van der Waals surface area contributed by atoms with E-state index in [1.165, 1.54) is 0 Å². The Labute approximate surface area is 85.9 Å². The molecule has 0 saturated carbocycles. The molecule has 0 spiro atoms. The molecule has 0 aromatic carbocycles. The molecule has 11 heteroatoms. The van der Waals surface area contributed by atoms with Crippen molar-refractivity contribution in [2.45, 2.75) is 0 Å². The van der Waals surface area contributed by atoms with Crippen LogP contribution in [0.2, 0.25) is 0 Å². The maximum atomic E-state index is 8.63. The molecule has 0 amide bonds. The SMILES string of the molecule is N.O=S(=O)([O-])O.OB(O)O.[Na+]. The summed E-state index contributed by atoms with van der Waals surface area (Å²) in [6, 6.07) is 0. The Balaban J connectivity index is -0.0000000383. The second-order valence-corrected chi connectivity index (χ2v) is 1.63. The van der Waals surface area contributed by atoms with Crippen LogP contribution in [0.25, 0.3) is 0 Å².